The van der Waals surface area contributed by atoms with Crippen molar-refractivity contribution in [3.05, 3.63) is 80.3 Å². The van der Waals surface area contributed by atoms with Gasteiger partial charge >= 0.3 is 6.18 Å². The molecule has 1 heterocycles. The summed E-state index contributed by atoms with van der Waals surface area (Å²) in [7, 11) is -1.13. The Morgan fingerprint density at radius 2 is 1.79 bits per heavy atom. The Labute approximate surface area is 253 Å². The molecular weight excluding hydrogens is 611 g/mol. The summed E-state index contributed by atoms with van der Waals surface area (Å²) in [6.07, 6.45) is -3.19. The summed E-state index contributed by atoms with van der Waals surface area (Å²) in [6.45, 7) is 7.99. The van der Waals surface area contributed by atoms with Gasteiger partial charge in [0.1, 0.15) is 11.4 Å². The van der Waals surface area contributed by atoms with E-state index in [1.807, 2.05) is 26.0 Å². The fourth-order valence-electron chi connectivity index (χ4n) is 4.60. The normalized spacial score (nSPS) is 12.3. The van der Waals surface area contributed by atoms with Crippen molar-refractivity contribution in [1.82, 2.24) is 9.78 Å². The summed E-state index contributed by atoms with van der Waals surface area (Å²) >= 11 is 5.76. The molecule has 0 aliphatic carbocycles. The molecule has 1 aromatic heterocycles. The van der Waals surface area contributed by atoms with E-state index >= 15 is 0 Å². The number of methoxy groups -OCH3 is 1. The van der Waals surface area contributed by atoms with Crippen LogP contribution in [0.2, 0.25) is 0 Å². The number of hydrogen-bond donors (Lipinski definition) is 1. The van der Waals surface area contributed by atoms with E-state index in [0.29, 0.717) is 25.0 Å². The predicted molar refractivity (Wildman–Crippen MR) is 159 cm³/mol. The molecule has 1 unspecified atom stereocenters. The van der Waals surface area contributed by atoms with Crippen LogP contribution >= 0.6 is 11.6 Å². The van der Waals surface area contributed by atoms with Crippen LogP contribution in [0.5, 0.6) is 0 Å². The summed E-state index contributed by atoms with van der Waals surface area (Å²) in [6, 6.07) is 7.82. The van der Waals surface area contributed by atoms with E-state index in [0.717, 1.165) is 34.0 Å². The lowest BCUT2D eigenvalue weighted by atomic mass is 10.0. The minimum absolute atomic E-state index is 0.0223. The van der Waals surface area contributed by atoms with E-state index in [2.05, 4.69) is 18.1 Å². The molecule has 0 saturated carbocycles. The zero-order valence-corrected chi connectivity index (χ0v) is 26.5. The number of rotatable bonds is 9. The average Bonchev–Trinajstić information content (AvgIpc) is 3.18. The molecule has 0 radical (unpaired) electrons. The summed E-state index contributed by atoms with van der Waals surface area (Å²) in [5.74, 6) is -1.07. The molecule has 1 amide bonds. The van der Waals surface area contributed by atoms with Crippen LogP contribution in [0.25, 0.3) is 0 Å². The number of aryl methyl sites for hydroxylation is 4. The Balaban J connectivity index is 0.000000309. The number of nitrogens with zero attached hydrogens (tertiary/aromatic N) is 2. The standard InChI is InChI=1S/C15H22ClNO2.C14H13F3N2O4S/c1-5-13-8-6-7-11(2)15(13)17(14(18)9-16)12(3)10-19-4;1-7-11(13(21)19(2)18-7)12(20)9-5-4-8(14(15,16)17)6-10(9)24(3,22)23/h6-8,12H,5,9-10H2,1-4H3;4-6,18H,1-3H3. The summed E-state index contributed by atoms with van der Waals surface area (Å²) in [4.78, 5) is 37.7. The highest BCUT2D eigenvalue weighted by atomic mass is 35.5. The molecule has 3 rings (SSSR count). The smallest absolute Gasteiger partial charge is 0.383 e. The van der Waals surface area contributed by atoms with Gasteiger partial charge in [-0.05, 0) is 56.5 Å². The van der Waals surface area contributed by atoms with Gasteiger partial charge in [-0.25, -0.2) is 8.42 Å². The highest BCUT2D eigenvalue weighted by Gasteiger charge is 2.34. The first kappa shape index (κ1) is 35.8. The number of halogens is 4. The molecule has 0 spiro atoms. The summed E-state index contributed by atoms with van der Waals surface area (Å²) in [5, 5.41) is 2.57. The number of amides is 1. The lowest BCUT2D eigenvalue weighted by molar-refractivity contribution is -0.137. The maximum atomic E-state index is 12.8. The maximum Gasteiger partial charge on any atom is 0.416 e. The van der Waals surface area contributed by atoms with Crippen molar-refractivity contribution >= 4 is 38.8 Å². The number of ether oxygens (including phenoxy) is 1. The maximum absolute atomic E-state index is 12.8. The number of nitrogens with one attached hydrogen (secondary N) is 1. The predicted octanol–water partition coefficient (Wildman–Crippen LogP) is 4.84. The Morgan fingerprint density at radius 1 is 1.16 bits per heavy atom. The van der Waals surface area contributed by atoms with Crippen molar-refractivity contribution in [2.24, 2.45) is 7.05 Å². The number of H-pyrrole nitrogens is 1. The minimum atomic E-state index is -4.76. The van der Waals surface area contributed by atoms with E-state index in [-0.39, 0.29) is 29.1 Å². The number of ketones is 1. The molecule has 0 bridgehead atoms. The third-order valence-corrected chi connectivity index (χ3v) is 7.95. The van der Waals surface area contributed by atoms with Crippen LogP contribution < -0.4 is 10.5 Å². The zero-order chi connectivity index (χ0) is 32.9. The van der Waals surface area contributed by atoms with E-state index in [1.165, 1.54) is 14.0 Å². The van der Waals surface area contributed by atoms with Gasteiger partial charge in [-0.3, -0.25) is 24.2 Å². The fourth-order valence-corrected chi connectivity index (χ4v) is 5.63. The number of carbonyl (C=O) groups is 2. The molecule has 2 aromatic carbocycles. The lowest BCUT2D eigenvalue weighted by Gasteiger charge is -2.31. The molecule has 0 aliphatic rings. The second kappa shape index (κ2) is 14.4. The molecule has 3 aromatic rings. The largest absolute Gasteiger partial charge is 0.416 e. The van der Waals surface area contributed by atoms with Gasteiger partial charge in [0.15, 0.2) is 9.84 Å². The summed E-state index contributed by atoms with van der Waals surface area (Å²) in [5.41, 5.74) is 0.705. The third kappa shape index (κ3) is 8.36. The Morgan fingerprint density at radius 3 is 2.26 bits per heavy atom. The number of sulfone groups is 1. The van der Waals surface area contributed by atoms with Crippen molar-refractivity contribution in [2.45, 2.75) is 51.2 Å². The zero-order valence-electron chi connectivity index (χ0n) is 24.9. The van der Waals surface area contributed by atoms with Crippen molar-refractivity contribution < 1.29 is 35.9 Å². The van der Waals surface area contributed by atoms with E-state index < -0.39 is 43.4 Å². The topological polar surface area (TPSA) is 119 Å². The number of hydrogen-bond acceptors (Lipinski definition) is 6. The molecule has 1 atom stereocenters. The van der Waals surface area contributed by atoms with Gasteiger partial charge in [-0.15, -0.1) is 11.6 Å². The van der Waals surface area contributed by atoms with Crippen molar-refractivity contribution in [3.63, 3.8) is 0 Å². The average molecular weight is 646 g/mol. The van der Waals surface area contributed by atoms with Crippen LogP contribution in [0.4, 0.5) is 18.9 Å². The number of aromatic nitrogens is 2. The number of para-hydroxylation sites is 1. The van der Waals surface area contributed by atoms with Crippen LogP contribution in [0.15, 0.2) is 46.1 Å². The van der Waals surface area contributed by atoms with Crippen LogP contribution in [0.1, 0.15) is 52.2 Å². The molecular formula is C29H35ClF3N3O6S. The minimum Gasteiger partial charge on any atom is -0.383 e. The molecule has 236 valence electrons. The van der Waals surface area contributed by atoms with Crippen LogP contribution in [-0.4, -0.2) is 61.8 Å². The van der Waals surface area contributed by atoms with Crippen LogP contribution in [0.3, 0.4) is 0 Å². The first-order chi connectivity index (χ1) is 19.9. The van der Waals surface area contributed by atoms with Crippen LogP contribution in [0, 0.1) is 13.8 Å². The van der Waals surface area contributed by atoms with Gasteiger partial charge in [0.2, 0.25) is 11.7 Å². The van der Waals surface area contributed by atoms with Gasteiger partial charge < -0.3 is 9.64 Å². The summed E-state index contributed by atoms with van der Waals surface area (Å²) < 4.78 is 68.3. The third-order valence-electron chi connectivity index (χ3n) is 6.58. The first-order valence-corrected chi connectivity index (χ1v) is 15.5. The number of benzene rings is 2. The van der Waals surface area contributed by atoms with Crippen molar-refractivity contribution in [2.75, 3.05) is 30.8 Å². The Bertz CT molecular complexity index is 1650. The monoisotopic (exact) mass is 645 g/mol. The first-order valence-electron chi connectivity index (χ1n) is 13.1. The van der Waals surface area contributed by atoms with Gasteiger partial charge in [-0.1, -0.05) is 25.1 Å². The second-order valence-electron chi connectivity index (χ2n) is 9.92. The molecule has 1 N–H and O–H groups in total. The van der Waals surface area contributed by atoms with Gasteiger partial charge in [-0.2, -0.15) is 13.2 Å². The lowest BCUT2D eigenvalue weighted by Crippen LogP contribution is -2.43. The number of alkyl halides is 4. The van der Waals surface area contributed by atoms with E-state index in [4.69, 9.17) is 16.3 Å². The molecule has 0 saturated heterocycles. The molecule has 9 nitrogen and oxygen atoms in total. The number of carbonyl (C=O) groups excluding carboxylic acids is 2. The molecule has 0 fully saturated rings. The second-order valence-corrected chi connectivity index (χ2v) is 12.2. The van der Waals surface area contributed by atoms with Gasteiger partial charge in [0.05, 0.1) is 28.8 Å². The van der Waals surface area contributed by atoms with Crippen molar-refractivity contribution in [1.29, 1.82) is 0 Å². The Hall–Kier alpha value is -3.42. The van der Waals surface area contributed by atoms with Crippen LogP contribution in [-0.2, 0) is 39.0 Å². The SMILES string of the molecule is CCc1cccc(C)c1N(C(=O)CCl)C(C)COC.Cc1[nH]n(C)c(=O)c1C(=O)c1ccc(C(F)(F)F)cc1S(C)(=O)=O. The highest BCUT2D eigenvalue weighted by Crippen LogP contribution is 2.32. The van der Waals surface area contributed by atoms with E-state index in [9.17, 15) is 36.0 Å². The fraction of sp³-hybridized carbons (Fsp3) is 0.414. The van der Waals surface area contributed by atoms with Crippen molar-refractivity contribution in [3.8, 4) is 0 Å². The molecule has 0 aliphatic heterocycles. The number of anilines is 1. The number of aromatic amines is 1. The Kier molecular flexibility index (Phi) is 12.0. The quantitative estimate of drug-likeness (QED) is 0.263. The highest BCUT2D eigenvalue weighted by molar-refractivity contribution is 7.90. The van der Waals surface area contributed by atoms with E-state index in [1.54, 1.807) is 12.0 Å². The van der Waals surface area contributed by atoms with Gasteiger partial charge in [0.25, 0.3) is 5.56 Å². The van der Waals surface area contributed by atoms with Gasteiger partial charge in [0, 0.05) is 31.7 Å². The molecule has 43 heavy (non-hydrogen) atoms. The molecule has 14 heteroatoms.